The van der Waals surface area contributed by atoms with Crippen molar-refractivity contribution in [1.29, 1.82) is 0 Å². The Balaban J connectivity index is 1.37. The highest BCUT2D eigenvalue weighted by Crippen LogP contribution is 2.33. The average Bonchev–Trinajstić information content (AvgIpc) is 2.78. The van der Waals surface area contributed by atoms with Crippen LogP contribution >= 0.6 is 0 Å². The number of aryl methyl sites for hydroxylation is 1. The number of fused-ring (bicyclic) bond motifs is 1. The Labute approximate surface area is 177 Å². The lowest BCUT2D eigenvalue weighted by Crippen LogP contribution is -2.35. The van der Waals surface area contributed by atoms with Gasteiger partial charge >= 0.3 is 0 Å². The summed E-state index contributed by atoms with van der Waals surface area (Å²) in [5.74, 6) is 0.707. The Morgan fingerprint density at radius 1 is 1.10 bits per heavy atom. The number of rotatable bonds is 8. The summed E-state index contributed by atoms with van der Waals surface area (Å²) in [5, 5.41) is 3.72. The van der Waals surface area contributed by atoms with Gasteiger partial charge in [-0.15, -0.1) is 0 Å². The van der Waals surface area contributed by atoms with Crippen LogP contribution in [0.3, 0.4) is 0 Å². The number of hydrogen-bond donors (Lipinski definition) is 2. The molecule has 1 unspecified atom stereocenters. The summed E-state index contributed by atoms with van der Waals surface area (Å²) in [6.45, 7) is 1.02. The molecule has 2 aromatic carbocycles. The minimum Gasteiger partial charge on any atom is -0.456 e. The fourth-order valence-corrected chi connectivity index (χ4v) is 4.06. The lowest BCUT2D eigenvalue weighted by Gasteiger charge is -2.27. The van der Waals surface area contributed by atoms with E-state index < -0.39 is 5.91 Å². The second-order valence-electron chi connectivity index (χ2n) is 7.71. The number of amides is 1. The zero-order chi connectivity index (χ0) is 20.8. The quantitative estimate of drug-likeness (QED) is 0.558. The van der Waals surface area contributed by atoms with Gasteiger partial charge in [-0.1, -0.05) is 42.5 Å². The number of pyridine rings is 1. The van der Waals surface area contributed by atoms with Crippen molar-refractivity contribution < 1.29 is 9.53 Å². The van der Waals surface area contributed by atoms with Gasteiger partial charge in [-0.2, -0.15) is 0 Å². The molecule has 0 radical (unpaired) electrons. The predicted molar refractivity (Wildman–Crippen MR) is 118 cm³/mol. The van der Waals surface area contributed by atoms with Gasteiger partial charge < -0.3 is 15.8 Å². The zero-order valence-corrected chi connectivity index (χ0v) is 17.0. The molecule has 4 rings (SSSR count). The van der Waals surface area contributed by atoms with Crippen LogP contribution in [0.1, 0.15) is 39.9 Å². The number of nitrogens with zero attached hydrogens (tertiary/aromatic N) is 1. The van der Waals surface area contributed by atoms with E-state index in [0.29, 0.717) is 17.4 Å². The summed E-state index contributed by atoms with van der Waals surface area (Å²) in [4.78, 5) is 15.6. The molecule has 0 fully saturated rings. The number of nitrogens with one attached hydrogen (secondary N) is 1. The molecule has 1 heterocycles. The van der Waals surface area contributed by atoms with E-state index >= 15 is 0 Å². The van der Waals surface area contributed by atoms with E-state index in [1.54, 1.807) is 12.3 Å². The van der Waals surface area contributed by atoms with Gasteiger partial charge in [0.25, 0.3) is 5.91 Å². The maximum atomic E-state index is 11.7. The van der Waals surface area contributed by atoms with Crippen LogP contribution in [-0.2, 0) is 19.3 Å². The summed E-state index contributed by atoms with van der Waals surface area (Å²) in [6, 6.07) is 18.9. The van der Waals surface area contributed by atoms with Gasteiger partial charge in [-0.3, -0.25) is 9.78 Å². The first-order valence-corrected chi connectivity index (χ1v) is 10.5. The van der Waals surface area contributed by atoms with Crippen LogP contribution in [0.4, 0.5) is 0 Å². The molecular weight excluding hydrogens is 374 g/mol. The summed E-state index contributed by atoms with van der Waals surface area (Å²) in [6.07, 6.45) is 8.28. The maximum absolute atomic E-state index is 11.7. The smallest absolute Gasteiger partial charge is 0.254 e. The van der Waals surface area contributed by atoms with E-state index in [4.69, 9.17) is 10.5 Å². The maximum Gasteiger partial charge on any atom is 0.254 e. The van der Waals surface area contributed by atoms with Crippen molar-refractivity contribution in [3.63, 3.8) is 0 Å². The Hall–Kier alpha value is -3.18. The molecule has 5 nitrogen and oxygen atoms in total. The van der Waals surface area contributed by atoms with Crippen molar-refractivity contribution in [1.82, 2.24) is 10.3 Å². The monoisotopic (exact) mass is 401 g/mol. The molecule has 0 saturated carbocycles. The van der Waals surface area contributed by atoms with Crippen LogP contribution in [0.5, 0.6) is 11.5 Å². The number of hydrogen-bond acceptors (Lipinski definition) is 4. The van der Waals surface area contributed by atoms with Gasteiger partial charge in [0.1, 0.15) is 17.1 Å². The van der Waals surface area contributed by atoms with E-state index in [-0.39, 0.29) is 0 Å². The Kier molecular flexibility index (Phi) is 6.40. The van der Waals surface area contributed by atoms with E-state index in [1.807, 2.05) is 12.1 Å². The molecule has 0 spiro atoms. The topological polar surface area (TPSA) is 77.2 Å². The van der Waals surface area contributed by atoms with E-state index in [2.05, 4.69) is 46.7 Å². The standard InChI is InChI=1S/C25H27N3O2/c26-25(29)22-17-27-15-13-24(22)30-23-10-4-9-19-16-20(11-12-21(19)23)28-14-5-8-18-6-2-1-3-7-18/h1-4,6-7,9-10,13,15,17,20,28H,5,8,11-12,14,16H2,(H2,26,29). The zero-order valence-electron chi connectivity index (χ0n) is 17.0. The first-order valence-electron chi connectivity index (χ1n) is 10.5. The first-order chi connectivity index (χ1) is 14.7. The minimum atomic E-state index is -0.539. The van der Waals surface area contributed by atoms with Crippen LogP contribution < -0.4 is 15.8 Å². The molecule has 0 aliphatic heterocycles. The molecule has 1 atom stereocenters. The van der Waals surface area contributed by atoms with Crippen molar-refractivity contribution in [3.05, 3.63) is 89.2 Å². The van der Waals surface area contributed by atoms with Crippen LogP contribution in [0, 0.1) is 0 Å². The Bertz CT molecular complexity index is 1000. The summed E-state index contributed by atoms with van der Waals surface area (Å²) >= 11 is 0. The number of aromatic nitrogens is 1. The van der Waals surface area contributed by atoms with Gasteiger partial charge in [-0.05, 0) is 67.5 Å². The highest BCUT2D eigenvalue weighted by Gasteiger charge is 2.22. The van der Waals surface area contributed by atoms with Crippen LogP contribution in [0.25, 0.3) is 0 Å². The molecule has 1 aliphatic carbocycles. The summed E-state index contributed by atoms with van der Waals surface area (Å²) < 4.78 is 6.09. The highest BCUT2D eigenvalue weighted by molar-refractivity contribution is 5.95. The van der Waals surface area contributed by atoms with Crippen LogP contribution in [0.2, 0.25) is 0 Å². The van der Waals surface area contributed by atoms with Gasteiger partial charge in [0, 0.05) is 18.4 Å². The van der Waals surface area contributed by atoms with E-state index in [1.165, 1.54) is 22.9 Å². The SMILES string of the molecule is NC(=O)c1cnccc1Oc1cccc2c1CCC(NCCCc1ccccc1)C2. The fourth-order valence-electron chi connectivity index (χ4n) is 4.06. The molecule has 5 heteroatoms. The third kappa shape index (κ3) is 4.86. The molecule has 30 heavy (non-hydrogen) atoms. The van der Waals surface area contributed by atoms with Gasteiger partial charge in [0.05, 0.1) is 0 Å². The average molecular weight is 402 g/mol. The molecule has 3 aromatic rings. The predicted octanol–water partition coefficient (Wildman–Crippen LogP) is 4.05. The Morgan fingerprint density at radius 3 is 2.80 bits per heavy atom. The van der Waals surface area contributed by atoms with E-state index in [9.17, 15) is 4.79 Å². The Morgan fingerprint density at radius 2 is 1.97 bits per heavy atom. The number of benzene rings is 2. The lowest BCUT2D eigenvalue weighted by molar-refractivity contribution is 0.0997. The number of primary amides is 1. The first kappa shape index (κ1) is 20.1. The summed E-state index contributed by atoms with van der Waals surface area (Å²) in [5.41, 5.74) is 9.65. The normalized spacial score (nSPS) is 15.4. The third-order valence-electron chi connectivity index (χ3n) is 5.62. The van der Waals surface area contributed by atoms with Crippen LogP contribution in [0.15, 0.2) is 67.0 Å². The van der Waals surface area contributed by atoms with Crippen molar-refractivity contribution in [2.24, 2.45) is 5.73 Å². The van der Waals surface area contributed by atoms with Crippen molar-refractivity contribution in [2.45, 2.75) is 38.1 Å². The lowest BCUT2D eigenvalue weighted by atomic mass is 9.87. The largest absolute Gasteiger partial charge is 0.456 e. The van der Waals surface area contributed by atoms with Crippen molar-refractivity contribution in [3.8, 4) is 11.5 Å². The molecule has 1 amide bonds. The van der Waals surface area contributed by atoms with Crippen molar-refractivity contribution in [2.75, 3.05) is 6.54 Å². The molecule has 3 N–H and O–H groups in total. The number of nitrogens with two attached hydrogens (primary N) is 1. The molecule has 0 saturated heterocycles. The molecular formula is C25H27N3O2. The van der Waals surface area contributed by atoms with Crippen molar-refractivity contribution >= 4 is 5.91 Å². The molecule has 0 bridgehead atoms. The second kappa shape index (κ2) is 9.55. The molecule has 154 valence electrons. The molecule has 1 aliphatic rings. The fraction of sp³-hybridized carbons (Fsp3) is 0.280. The highest BCUT2D eigenvalue weighted by atomic mass is 16.5. The number of ether oxygens (including phenoxy) is 1. The van der Waals surface area contributed by atoms with Gasteiger partial charge in [0.15, 0.2) is 0 Å². The number of carbonyl (C=O) groups excluding carboxylic acids is 1. The minimum absolute atomic E-state index is 0.295. The van der Waals surface area contributed by atoms with Gasteiger partial charge in [-0.25, -0.2) is 0 Å². The van der Waals surface area contributed by atoms with Gasteiger partial charge in [0.2, 0.25) is 0 Å². The van der Waals surface area contributed by atoms with Crippen LogP contribution in [-0.4, -0.2) is 23.5 Å². The van der Waals surface area contributed by atoms with E-state index in [0.717, 1.165) is 44.4 Å². The summed E-state index contributed by atoms with van der Waals surface area (Å²) in [7, 11) is 0. The third-order valence-corrected chi connectivity index (χ3v) is 5.62. The number of carbonyl (C=O) groups is 1. The second-order valence-corrected chi connectivity index (χ2v) is 7.71. The molecule has 1 aromatic heterocycles.